The van der Waals surface area contributed by atoms with Gasteiger partial charge in [0.05, 0.1) is 36.8 Å². The van der Waals surface area contributed by atoms with Gasteiger partial charge in [-0.15, -0.1) is 0 Å². The quantitative estimate of drug-likeness (QED) is 0.418. The molecule has 1 heterocycles. The summed E-state index contributed by atoms with van der Waals surface area (Å²) < 4.78 is 31.6. The third-order valence-corrected chi connectivity index (χ3v) is 4.45. The van der Waals surface area contributed by atoms with E-state index in [1.807, 2.05) is 19.0 Å². The minimum atomic E-state index is -3.99. The Balaban J connectivity index is 0.000000356. The fourth-order valence-corrected chi connectivity index (χ4v) is 2.68. The maximum absolute atomic E-state index is 10.1. The van der Waals surface area contributed by atoms with Crippen LogP contribution >= 0.6 is 0 Å². The SMILES string of the molecule is CC[N+]1(C)CCCC1.CN(C)CCCCS(=O)(=O)[O-]. The van der Waals surface area contributed by atoms with E-state index in [1.165, 1.54) is 37.0 Å². The fraction of sp³-hybridized carbons (Fsp3) is 1.00. The highest BCUT2D eigenvalue weighted by molar-refractivity contribution is 7.85. The lowest BCUT2D eigenvalue weighted by atomic mass is 10.3. The van der Waals surface area contributed by atoms with Crippen LogP contribution in [0.5, 0.6) is 0 Å². The summed E-state index contributed by atoms with van der Waals surface area (Å²) in [6, 6.07) is 0. The molecule has 1 aliphatic rings. The molecule has 0 radical (unpaired) electrons. The predicted molar refractivity (Wildman–Crippen MR) is 78.0 cm³/mol. The van der Waals surface area contributed by atoms with Crippen molar-refractivity contribution in [3.05, 3.63) is 0 Å². The summed E-state index contributed by atoms with van der Waals surface area (Å²) in [5.74, 6) is -0.235. The third-order valence-electron chi connectivity index (χ3n) is 3.66. The summed E-state index contributed by atoms with van der Waals surface area (Å²) in [5, 5.41) is 0. The maximum Gasteiger partial charge on any atom is 0.0945 e. The Morgan fingerprint density at radius 2 is 1.68 bits per heavy atom. The molecule has 19 heavy (non-hydrogen) atoms. The van der Waals surface area contributed by atoms with Gasteiger partial charge < -0.3 is 13.9 Å². The molecule has 0 aromatic rings. The van der Waals surface area contributed by atoms with Crippen LogP contribution < -0.4 is 0 Å². The number of likely N-dealkylation sites (tertiary alicyclic amines) is 1. The number of hydrogen-bond donors (Lipinski definition) is 0. The van der Waals surface area contributed by atoms with Gasteiger partial charge in [0.1, 0.15) is 0 Å². The third kappa shape index (κ3) is 11.4. The summed E-state index contributed by atoms with van der Waals surface area (Å²) in [5.41, 5.74) is 0. The molecule has 0 unspecified atom stereocenters. The van der Waals surface area contributed by atoms with Gasteiger partial charge in [-0.25, -0.2) is 8.42 Å². The average Bonchev–Trinajstić information content (AvgIpc) is 2.72. The first-order chi connectivity index (χ1) is 8.68. The zero-order valence-corrected chi connectivity index (χ0v) is 13.7. The van der Waals surface area contributed by atoms with Crippen LogP contribution in [-0.4, -0.2) is 75.4 Å². The van der Waals surface area contributed by atoms with E-state index < -0.39 is 10.1 Å². The van der Waals surface area contributed by atoms with E-state index in [4.69, 9.17) is 0 Å². The summed E-state index contributed by atoms with van der Waals surface area (Å²) in [4.78, 5) is 1.96. The van der Waals surface area contributed by atoms with Gasteiger partial charge in [0.15, 0.2) is 0 Å². The van der Waals surface area contributed by atoms with Gasteiger partial charge in [-0.3, -0.25) is 0 Å². The highest BCUT2D eigenvalue weighted by atomic mass is 32.2. The van der Waals surface area contributed by atoms with Gasteiger partial charge in [0, 0.05) is 18.6 Å². The van der Waals surface area contributed by atoms with Crippen molar-refractivity contribution in [1.82, 2.24) is 4.90 Å². The minimum Gasteiger partial charge on any atom is -0.748 e. The van der Waals surface area contributed by atoms with Crippen LogP contribution in [-0.2, 0) is 10.1 Å². The van der Waals surface area contributed by atoms with E-state index in [9.17, 15) is 13.0 Å². The standard InChI is InChI=1S/C7H16N.C6H15NO3S/c1-3-8(2)6-4-5-7-8;1-7(2)5-3-4-6-11(8,9)10/h3-7H2,1-2H3;3-6H2,1-2H3,(H,8,9,10)/q+1;/p-1. The number of hydrogen-bond acceptors (Lipinski definition) is 4. The predicted octanol–water partition coefficient (Wildman–Crippen LogP) is 1.12. The van der Waals surface area contributed by atoms with Crippen molar-refractivity contribution < 1.29 is 17.5 Å². The molecule has 0 aromatic carbocycles. The molecule has 0 amide bonds. The second-order valence-corrected chi connectivity index (χ2v) is 7.39. The molecular weight excluding hydrogens is 264 g/mol. The lowest BCUT2D eigenvalue weighted by Gasteiger charge is -2.26. The van der Waals surface area contributed by atoms with Crippen LogP contribution in [0.25, 0.3) is 0 Å². The molecule has 1 aliphatic heterocycles. The highest BCUT2D eigenvalue weighted by Gasteiger charge is 2.23. The second kappa shape index (κ2) is 8.89. The van der Waals surface area contributed by atoms with Crippen molar-refractivity contribution in [2.24, 2.45) is 0 Å². The van der Waals surface area contributed by atoms with Crippen LogP contribution in [0.4, 0.5) is 0 Å². The molecule has 0 N–H and O–H groups in total. The van der Waals surface area contributed by atoms with Crippen molar-refractivity contribution >= 4 is 10.1 Å². The highest BCUT2D eigenvalue weighted by Crippen LogP contribution is 2.14. The summed E-state index contributed by atoms with van der Waals surface area (Å²) in [7, 11) is 2.18. The first-order valence-electron chi connectivity index (χ1n) is 7.10. The van der Waals surface area contributed by atoms with E-state index in [0.29, 0.717) is 6.42 Å². The number of nitrogens with zero attached hydrogens (tertiary/aromatic N) is 2. The van der Waals surface area contributed by atoms with Gasteiger partial charge in [-0.2, -0.15) is 0 Å². The molecule has 0 bridgehead atoms. The molecule has 0 atom stereocenters. The lowest BCUT2D eigenvalue weighted by molar-refractivity contribution is -0.895. The van der Waals surface area contributed by atoms with Gasteiger partial charge in [0.2, 0.25) is 0 Å². The minimum absolute atomic E-state index is 0.235. The van der Waals surface area contributed by atoms with E-state index in [1.54, 1.807) is 0 Å². The van der Waals surface area contributed by atoms with E-state index in [-0.39, 0.29) is 5.75 Å². The Bertz CT molecular complexity index is 323. The van der Waals surface area contributed by atoms with Gasteiger partial charge in [-0.1, -0.05) is 0 Å². The average molecular weight is 294 g/mol. The Kier molecular flexibility index (Phi) is 8.81. The lowest BCUT2D eigenvalue weighted by Crippen LogP contribution is -2.40. The number of quaternary nitrogens is 1. The first-order valence-corrected chi connectivity index (χ1v) is 8.68. The molecule has 1 saturated heterocycles. The van der Waals surface area contributed by atoms with Crippen molar-refractivity contribution in [2.45, 2.75) is 32.6 Å². The monoisotopic (exact) mass is 294 g/mol. The molecule has 6 heteroatoms. The van der Waals surface area contributed by atoms with Crippen LogP contribution in [0, 0.1) is 0 Å². The van der Waals surface area contributed by atoms with E-state index >= 15 is 0 Å². The summed E-state index contributed by atoms with van der Waals surface area (Å²) in [6.07, 6.45) is 4.12. The van der Waals surface area contributed by atoms with E-state index in [0.717, 1.165) is 13.0 Å². The molecular formula is C13H30N2O3S. The normalized spacial score (nSPS) is 18.2. The van der Waals surface area contributed by atoms with Crippen molar-refractivity contribution in [1.29, 1.82) is 0 Å². The molecule has 0 saturated carbocycles. The van der Waals surface area contributed by atoms with Gasteiger partial charge in [0.25, 0.3) is 0 Å². The molecule has 1 rings (SSSR count). The van der Waals surface area contributed by atoms with E-state index in [2.05, 4.69) is 14.0 Å². The van der Waals surface area contributed by atoms with Crippen LogP contribution in [0.3, 0.4) is 0 Å². The first kappa shape index (κ1) is 18.8. The van der Waals surface area contributed by atoms with Crippen LogP contribution in [0.1, 0.15) is 32.6 Å². The molecule has 116 valence electrons. The fourth-order valence-electron chi connectivity index (χ4n) is 2.12. The van der Waals surface area contributed by atoms with Crippen molar-refractivity contribution in [3.8, 4) is 0 Å². The van der Waals surface area contributed by atoms with Crippen molar-refractivity contribution in [3.63, 3.8) is 0 Å². The largest absolute Gasteiger partial charge is 0.748 e. The Morgan fingerprint density at radius 3 is 2.00 bits per heavy atom. The molecule has 0 aliphatic carbocycles. The maximum atomic E-state index is 10.1. The van der Waals surface area contributed by atoms with Crippen LogP contribution in [0.15, 0.2) is 0 Å². The van der Waals surface area contributed by atoms with Crippen LogP contribution in [0.2, 0.25) is 0 Å². The Hall–Kier alpha value is -0.170. The zero-order valence-electron chi connectivity index (χ0n) is 12.9. The Morgan fingerprint density at radius 1 is 1.16 bits per heavy atom. The number of unbranched alkanes of at least 4 members (excludes halogenated alkanes) is 1. The number of rotatable bonds is 6. The summed E-state index contributed by atoms with van der Waals surface area (Å²) >= 11 is 0. The van der Waals surface area contributed by atoms with Gasteiger partial charge in [-0.05, 0) is 40.4 Å². The van der Waals surface area contributed by atoms with Gasteiger partial charge >= 0.3 is 0 Å². The molecule has 1 fully saturated rings. The summed E-state index contributed by atoms with van der Waals surface area (Å²) in [6.45, 7) is 7.26. The molecule has 0 spiro atoms. The molecule has 5 nitrogen and oxygen atoms in total. The Labute approximate surface area is 118 Å². The molecule has 0 aromatic heterocycles. The van der Waals surface area contributed by atoms with Crippen molar-refractivity contribution in [2.75, 3.05) is 53.1 Å². The smallest absolute Gasteiger partial charge is 0.0945 e. The topological polar surface area (TPSA) is 60.4 Å². The second-order valence-electron chi connectivity index (χ2n) is 5.86. The zero-order chi connectivity index (χ0) is 14.9.